The van der Waals surface area contributed by atoms with E-state index in [0.29, 0.717) is 0 Å². The molecule has 0 aliphatic heterocycles. The van der Waals surface area contributed by atoms with Crippen molar-refractivity contribution in [3.63, 3.8) is 0 Å². The maximum atomic E-state index is 8.64. The lowest BCUT2D eigenvalue weighted by Crippen LogP contribution is -2.32. The monoisotopic (exact) mass is 144 g/mol. The fourth-order valence-electron chi connectivity index (χ4n) is 1.71. The Morgan fingerprint density at radius 2 is 1.90 bits per heavy atom. The molecule has 0 heterocycles. The zero-order valence-electron chi connectivity index (χ0n) is 6.60. The molecule has 1 N–H and O–H groups in total. The molecular formula is C8H16O2. The zero-order valence-corrected chi connectivity index (χ0v) is 6.60. The van der Waals surface area contributed by atoms with Crippen molar-refractivity contribution in [2.75, 3.05) is 0 Å². The molecular weight excluding hydrogens is 128 g/mol. The summed E-state index contributed by atoms with van der Waals surface area (Å²) in [5.41, 5.74) is -0.182. The van der Waals surface area contributed by atoms with E-state index < -0.39 is 0 Å². The van der Waals surface area contributed by atoms with Crippen molar-refractivity contribution >= 4 is 0 Å². The Bertz CT molecular complexity index is 89.4. The summed E-state index contributed by atoms with van der Waals surface area (Å²) in [6.45, 7) is 2.07. The highest BCUT2D eigenvalue weighted by Crippen LogP contribution is 2.33. The maximum absolute atomic E-state index is 8.64. The van der Waals surface area contributed by atoms with Gasteiger partial charge in [-0.1, -0.05) is 26.2 Å². The third-order valence-electron chi connectivity index (χ3n) is 2.60. The minimum atomic E-state index is -0.182. The van der Waals surface area contributed by atoms with Crippen molar-refractivity contribution < 1.29 is 10.1 Å². The maximum Gasteiger partial charge on any atom is 0.103 e. The van der Waals surface area contributed by atoms with E-state index in [-0.39, 0.29) is 5.60 Å². The van der Waals surface area contributed by atoms with Gasteiger partial charge >= 0.3 is 0 Å². The third-order valence-corrected chi connectivity index (χ3v) is 2.60. The molecule has 1 aliphatic carbocycles. The Hall–Kier alpha value is -0.0800. The van der Waals surface area contributed by atoms with Gasteiger partial charge in [0.05, 0.1) is 0 Å². The first-order valence-electron chi connectivity index (χ1n) is 4.15. The summed E-state index contributed by atoms with van der Waals surface area (Å²) in [6, 6.07) is 0. The molecule has 0 unspecified atom stereocenters. The number of hydrogen-bond acceptors (Lipinski definition) is 2. The van der Waals surface area contributed by atoms with Gasteiger partial charge in [-0.2, -0.15) is 0 Å². The molecule has 0 saturated heterocycles. The van der Waals surface area contributed by atoms with Crippen LogP contribution in [-0.4, -0.2) is 10.9 Å². The zero-order chi connectivity index (χ0) is 7.45. The molecule has 0 atom stereocenters. The van der Waals surface area contributed by atoms with Crippen LogP contribution < -0.4 is 0 Å². The Balaban J connectivity index is 2.44. The molecule has 0 bridgehead atoms. The second-order valence-corrected chi connectivity index (χ2v) is 3.19. The van der Waals surface area contributed by atoms with Gasteiger partial charge in [0.25, 0.3) is 0 Å². The molecule has 2 nitrogen and oxygen atoms in total. The van der Waals surface area contributed by atoms with Gasteiger partial charge in [0.15, 0.2) is 0 Å². The summed E-state index contributed by atoms with van der Waals surface area (Å²) in [6.07, 6.45) is 6.69. The van der Waals surface area contributed by atoms with Gasteiger partial charge < -0.3 is 0 Å². The van der Waals surface area contributed by atoms with E-state index in [2.05, 4.69) is 11.8 Å². The highest BCUT2D eigenvalue weighted by atomic mass is 17.1. The van der Waals surface area contributed by atoms with E-state index in [1.807, 2.05) is 0 Å². The average Bonchev–Trinajstić information content (AvgIpc) is 2.06. The summed E-state index contributed by atoms with van der Waals surface area (Å²) >= 11 is 0. The smallest absolute Gasteiger partial charge is 0.103 e. The standard InChI is InChI=1S/C8H16O2/c1-2-8(10-9)6-4-3-5-7-8/h9H,2-7H2,1H3. The predicted octanol–water partition coefficient (Wildman–Crippen LogP) is 2.59. The van der Waals surface area contributed by atoms with Crippen LogP contribution in [0, 0.1) is 0 Å². The first kappa shape index (κ1) is 8.02. The van der Waals surface area contributed by atoms with Crippen LogP contribution in [0.2, 0.25) is 0 Å². The van der Waals surface area contributed by atoms with Crippen molar-refractivity contribution in [1.29, 1.82) is 0 Å². The van der Waals surface area contributed by atoms with Gasteiger partial charge in [-0.15, -0.1) is 0 Å². The normalized spacial score (nSPS) is 24.6. The molecule has 0 aromatic heterocycles. The Kier molecular flexibility index (Phi) is 2.69. The first-order valence-corrected chi connectivity index (χ1v) is 4.15. The van der Waals surface area contributed by atoms with E-state index in [0.717, 1.165) is 19.3 Å². The van der Waals surface area contributed by atoms with E-state index in [1.165, 1.54) is 19.3 Å². The van der Waals surface area contributed by atoms with Crippen LogP contribution in [0.25, 0.3) is 0 Å². The van der Waals surface area contributed by atoms with Crippen LogP contribution >= 0.6 is 0 Å². The number of hydrogen-bond donors (Lipinski definition) is 1. The molecule has 2 heteroatoms. The van der Waals surface area contributed by atoms with Crippen LogP contribution in [-0.2, 0) is 4.89 Å². The van der Waals surface area contributed by atoms with Crippen molar-refractivity contribution in [2.45, 2.75) is 51.0 Å². The molecule has 1 aliphatic rings. The van der Waals surface area contributed by atoms with Gasteiger partial charge in [-0.3, -0.25) is 5.26 Å². The Morgan fingerprint density at radius 3 is 2.20 bits per heavy atom. The van der Waals surface area contributed by atoms with Gasteiger partial charge in [-0.25, -0.2) is 4.89 Å². The lowest BCUT2D eigenvalue weighted by molar-refractivity contribution is -0.331. The Morgan fingerprint density at radius 1 is 1.30 bits per heavy atom. The molecule has 1 saturated carbocycles. The quantitative estimate of drug-likeness (QED) is 0.476. The molecule has 0 spiro atoms. The average molecular weight is 144 g/mol. The fraction of sp³-hybridized carbons (Fsp3) is 1.00. The fourth-order valence-corrected chi connectivity index (χ4v) is 1.71. The summed E-state index contributed by atoms with van der Waals surface area (Å²) < 4.78 is 0. The van der Waals surface area contributed by atoms with E-state index in [1.54, 1.807) is 0 Å². The van der Waals surface area contributed by atoms with Crippen LogP contribution in [0.4, 0.5) is 0 Å². The molecule has 1 rings (SSSR count). The summed E-state index contributed by atoms with van der Waals surface area (Å²) in [4.78, 5) is 4.53. The Labute approximate surface area is 62.1 Å². The lowest BCUT2D eigenvalue weighted by Gasteiger charge is -2.32. The minimum Gasteiger partial charge on any atom is -0.251 e. The van der Waals surface area contributed by atoms with Crippen LogP contribution in [0.1, 0.15) is 45.4 Å². The summed E-state index contributed by atoms with van der Waals surface area (Å²) in [5.74, 6) is 0. The second-order valence-electron chi connectivity index (χ2n) is 3.19. The molecule has 0 aromatic rings. The van der Waals surface area contributed by atoms with Crippen molar-refractivity contribution in [3.05, 3.63) is 0 Å². The van der Waals surface area contributed by atoms with Gasteiger partial charge in [0, 0.05) is 0 Å². The van der Waals surface area contributed by atoms with E-state index in [4.69, 9.17) is 5.26 Å². The molecule has 60 valence electrons. The summed E-state index contributed by atoms with van der Waals surface area (Å²) in [7, 11) is 0. The molecule has 0 aromatic carbocycles. The van der Waals surface area contributed by atoms with Crippen LogP contribution in [0.3, 0.4) is 0 Å². The molecule has 10 heavy (non-hydrogen) atoms. The largest absolute Gasteiger partial charge is 0.251 e. The third kappa shape index (κ3) is 1.50. The first-order chi connectivity index (χ1) is 4.83. The van der Waals surface area contributed by atoms with Crippen molar-refractivity contribution in [1.82, 2.24) is 0 Å². The van der Waals surface area contributed by atoms with Crippen LogP contribution in [0.15, 0.2) is 0 Å². The van der Waals surface area contributed by atoms with E-state index in [9.17, 15) is 0 Å². The number of rotatable bonds is 2. The molecule has 0 amide bonds. The molecule has 0 radical (unpaired) electrons. The topological polar surface area (TPSA) is 29.5 Å². The SMILES string of the molecule is CCC1(OO)CCCCC1. The summed E-state index contributed by atoms with van der Waals surface area (Å²) in [5, 5.41) is 8.64. The van der Waals surface area contributed by atoms with Crippen LogP contribution in [0.5, 0.6) is 0 Å². The predicted molar refractivity (Wildman–Crippen MR) is 39.8 cm³/mol. The van der Waals surface area contributed by atoms with Gasteiger partial charge in [-0.05, 0) is 19.3 Å². The van der Waals surface area contributed by atoms with Gasteiger partial charge in [0.2, 0.25) is 0 Å². The van der Waals surface area contributed by atoms with Crippen molar-refractivity contribution in [3.8, 4) is 0 Å². The highest BCUT2D eigenvalue weighted by molar-refractivity contribution is 4.81. The minimum absolute atomic E-state index is 0.182. The highest BCUT2D eigenvalue weighted by Gasteiger charge is 2.31. The van der Waals surface area contributed by atoms with Crippen molar-refractivity contribution in [2.24, 2.45) is 0 Å². The second kappa shape index (κ2) is 3.35. The lowest BCUT2D eigenvalue weighted by atomic mass is 9.83. The molecule has 1 fully saturated rings. The van der Waals surface area contributed by atoms with Gasteiger partial charge in [0.1, 0.15) is 5.60 Å². The van der Waals surface area contributed by atoms with E-state index >= 15 is 0 Å².